The van der Waals surface area contributed by atoms with Crippen LogP contribution in [0.1, 0.15) is 45.4 Å². The fraction of sp³-hybridized carbons (Fsp3) is 0.929. The van der Waals surface area contributed by atoms with E-state index in [4.69, 9.17) is 4.74 Å². The number of carbonyl (C=O) groups excluding carboxylic acids is 1. The molecule has 1 aliphatic carbocycles. The molecule has 4 nitrogen and oxygen atoms in total. The van der Waals surface area contributed by atoms with Crippen molar-refractivity contribution in [1.29, 1.82) is 0 Å². The molecule has 18 heavy (non-hydrogen) atoms. The van der Waals surface area contributed by atoms with Gasteiger partial charge >= 0.3 is 0 Å². The third-order valence-corrected chi connectivity index (χ3v) is 3.77. The van der Waals surface area contributed by atoms with Gasteiger partial charge in [0.1, 0.15) is 0 Å². The topological polar surface area (TPSA) is 41.6 Å². The molecule has 1 atom stereocenters. The van der Waals surface area contributed by atoms with Crippen molar-refractivity contribution in [2.75, 3.05) is 26.3 Å². The fourth-order valence-corrected chi connectivity index (χ4v) is 2.60. The Labute approximate surface area is 110 Å². The van der Waals surface area contributed by atoms with Crippen molar-refractivity contribution in [2.45, 2.75) is 57.5 Å². The number of hydrogen-bond donors (Lipinski definition) is 1. The Hall–Kier alpha value is -0.610. The summed E-state index contributed by atoms with van der Waals surface area (Å²) in [6, 6.07) is 1.06. The van der Waals surface area contributed by atoms with Crippen molar-refractivity contribution < 1.29 is 9.53 Å². The second kappa shape index (κ2) is 7.10. The number of ether oxygens (including phenoxy) is 1. The van der Waals surface area contributed by atoms with Crippen molar-refractivity contribution in [3.8, 4) is 0 Å². The Kier molecular flexibility index (Phi) is 5.45. The zero-order valence-corrected chi connectivity index (χ0v) is 11.5. The third-order valence-electron chi connectivity index (χ3n) is 3.77. The Balaban J connectivity index is 1.72. The highest BCUT2D eigenvalue weighted by atomic mass is 16.5. The summed E-state index contributed by atoms with van der Waals surface area (Å²) in [5.74, 6) is 0.325. The lowest BCUT2D eigenvalue weighted by Gasteiger charge is -2.26. The summed E-state index contributed by atoms with van der Waals surface area (Å²) in [5, 5.41) is 3.48. The first kappa shape index (κ1) is 13.8. The summed E-state index contributed by atoms with van der Waals surface area (Å²) in [5.41, 5.74) is 0. The highest BCUT2D eigenvalue weighted by Crippen LogP contribution is 2.28. The molecule has 1 aliphatic heterocycles. The maximum Gasteiger partial charge on any atom is 0.222 e. The lowest BCUT2D eigenvalue weighted by Crippen LogP contribution is -2.42. The van der Waals surface area contributed by atoms with Crippen LogP contribution in [-0.4, -0.2) is 49.2 Å². The monoisotopic (exact) mass is 254 g/mol. The average Bonchev–Trinajstić information content (AvgIpc) is 3.08. The second-order valence-corrected chi connectivity index (χ2v) is 5.37. The van der Waals surface area contributed by atoms with E-state index < -0.39 is 0 Å². The summed E-state index contributed by atoms with van der Waals surface area (Å²) >= 11 is 0. The molecule has 1 unspecified atom stereocenters. The molecular formula is C14H26N2O2. The first-order chi connectivity index (χ1) is 8.81. The largest absolute Gasteiger partial charge is 0.382 e. The molecule has 0 aromatic heterocycles. The van der Waals surface area contributed by atoms with E-state index in [0.29, 0.717) is 31.0 Å². The molecule has 4 heteroatoms. The van der Waals surface area contributed by atoms with Crippen LogP contribution >= 0.6 is 0 Å². The highest BCUT2D eigenvalue weighted by molar-refractivity contribution is 5.76. The van der Waals surface area contributed by atoms with E-state index in [0.717, 1.165) is 26.1 Å². The molecule has 1 saturated heterocycles. The normalized spacial score (nSPS) is 23.3. The van der Waals surface area contributed by atoms with E-state index in [1.54, 1.807) is 0 Å². The summed E-state index contributed by atoms with van der Waals surface area (Å²) < 4.78 is 5.29. The van der Waals surface area contributed by atoms with Gasteiger partial charge in [-0.3, -0.25) is 4.79 Å². The minimum atomic E-state index is 0.325. The molecular weight excluding hydrogens is 228 g/mol. The lowest BCUT2D eigenvalue weighted by atomic mass is 10.2. The van der Waals surface area contributed by atoms with Crippen LogP contribution in [0.3, 0.4) is 0 Å². The zero-order valence-electron chi connectivity index (χ0n) is 11.5. The van der Waals surface area contributed by atoms with E-state index in [1.165, 1.54) is 25.7 Å². The van der Waals surface area contributed by atoms with Crippen LogP contribution in [-0.2, 0) is 9.53 Å². The standard InChI is InChI=1S/C14H26N2O2/c1-2-18-10-4-6-14(17)16(13-7-8-13)11-12-5-3-9-15-12/h12-13,15H,2-11H2,1H3. The molecule has 1 saturated carbocycles. The van der Waals surface area contributed by atoms with Crippen LogP contribution in [0.5, 0.6) is 0 Å². The van der Waals surface area contributed by atoms with Crippen LogP contribution in [0, 0.1) is 0 Å². The molecule has 104 valence electrons. The maximum atomic E-state index is 12.2. The minimum absolute atomic E-state index is 0.325. The van der Waals surface area contributed by atoms with Crippen molar-refractivity contribution >= 4 is 5.91 Å². The molecule has 1 amide bonds. The van der Waals surface area contributed by atoms with E-state index in [-0.39, 0.29) is 0 Å². The molecule has 2 rings (SSSR count). The summed E-state index contributed by atoms with van der Waals surface area (Å²) in [4.78, 5) is 14.3. The molecule has 1 heterocycles. The van der Waals surface area contributed by atoms with Crippen molar-refractivity contribution in [3.63, 3.8) is 0 Å². The van der Waals surface area contributed by atoms with Gasteiger partial charge in [-0.2, -0.15) is 0 Å². The average molecular weight is 254 g/mol. The van der Waals surface area contributed by atoms with Crippen LogP contribution in [0.2, 0.25) is 0 Å². The molecule has 2 aliphatic rings. The van der Waals surface area contributed by atoms with Gasteiger partial charge < -0.3 is 15.0 Å². The second-order valence-electron chi connectivity index (χ2n) is 5.37. The number of amides is 1. The van der Waals surface area contributed by atoms with E-state index >= 15 is 0 Å². The van der Waals surface area contributed by atoms with Crippen LogP contribution in [0.15, 0.2) is 0 Å². The zero-order chi connectivity index (χ0) is 12.8. The summed E-state index contributed by atoms with van der Waals surface area (Å²) in [6.45, 7) is 5.47. The van der Waals surface area contributed by atoms with E-state index in [2.05, 4.69) is 10.2 Å². The third kappa shape index (κ3) is 4.25. The van der Waals surface area contributed by atoms with Gasteiger partial charge in [0.05, 0.1) is 0 Å². The predicted octanol–water partition coefficient (Wildman–Crippen LogP) is 1.55. The number of rotatable bonds is 8. The van der Waals surface area contributed by atoms with Gasteiger partial charge in [0, 0.05) is 38.3 Å². The molecule has 0 radical (unpaired) electrons. The molecule has 0 bridgehead atoms. The number of nitrogens with one attached hydrogen (secondary N) is 1. The lowest BCUT2D eigenvalue weighted by molar-refractivity contribution is -0.132. The van der Waals surface area contributed by atoms with Crippen LogP contribution in [0.25, 0.3) is 0 Å². The van der Waals surface area contributed by atoms with Gasteiger partial charge in [-0.1, -0.05) is 0 Å². The Morgan fingerprint density at radius 1 is 1.39 bits per heavy atom. The van der Waals surface area contributed by atoms with Gasteiger partial charge in [-0.05, 0) is 45.6 Å². The number of hydrogen-bond acceptors (Lipinski definition) is 3. The summed E-state index contributed by atoms with van der Waals surface area (Å²) in [6.07, 6.45) is 6.36. The fourth-order valence-electron chi connectivity index (χ4n) is 2.60. The highest BCUT2D eigenvalue weighted by Gasteiger charge is 2.33. The Bertz CT molecular complexity index is 261. The Morgan fingerprint density at radius 2 is 2.22 bits per heavy atom. The van der Waals surface area contributed by atoms with Crippen molar-refractivity contribution in [3.05, 3.63) is 0 Å². The van der Waals surface area contributed by atoms with Gasteiger partial charge in [0.25, 0.3) is 0 Å². The van der Waals surface area contributed by atoms with E-state index in [1.807, 2.05) is 6.92 Å². The quantitative estimate of drug-likeness (QED) is 0.668. The van der Waals surface area contributed by atoms with Crippen LogP contribution in [0.4, 0.5) is 0 Å². The number of carbonyl (C=O) groups is 1. The van der Waals surface area contributed by atoms with Gasteiger partial charge in [-0.15, -0.1) is 0 Å². The summed E-state index contributed by atoms with van der Waals surface area (Å²) in [7, 11) is 0. The predicted molar refractivity (Wildman–Crippen MR) is 71.5 cm³/mol. The van der Waals surface area contributed by atoms with Gasteiger partial charge in [0.2, 0.25) is 5.91 Å². The molecule has 2 fully saturated rings. The molecule has 1 N–H and O–H groups in total. The molecule has 0 aromatic carbocycles. The minimum Gasteiger partial charge on any atom is -0.382 e. The van der Waals surface area contributed by atoms with Crippen LogP contribution < -0.4 is 5.32 Å². The molecule has 0 aromatic rings. The first-order valence-electron chi connectivity index (χ1n) is 7.42. The van der Waals surface area contributed by atoms with E-state index in [9.17, 15) is 4.79 Å². The number of nitrogens with zero attached hydrogens (tertiary/aromatic N) is 1. The first-order valence-corrected chi connectivity index (χ1v) is 7.42. The van der Waals surface area contributed by atoms with Crippen molar-refractivity contribution in [1.82, 2.24) is 10.2 Å². The van der Waals surface area contributed by atoms with Crippen molar-refractivity contribution in [2.24, 2.45) is 0 Å². The molecule has 0 spiro atoms. The SMILES string of the molecule is CCOCCCC(=O)N(CC1CCCN1)C1CC1. The van der Waals surface area contributed by atoms with Gasteiger partial charge in [0.15, 0.2) is 0 Å². The smallest absolute Gasteiger partial charge is 0.222 e. The maximum absolute atomic E-state index is 12.2. The Morgan fingerprint density at radius 3 is 2.83 bits per heavy atom. The van der Waals surface area contributed by atoms with Gasteiger partial charge in [-0.25, -0.2) is 0 Å².